The van der Waals surface area contributed by atoms with E-state index in [-0.39, 0.29) is 0 Å². The van der Waals surface area contributed by atoms with Crippen LogP contribution in [-0.2, 0) is 11.3 Å². The van der Waals surface area contributed by atoms with Crippen molar-refractivity contribution in [3.63, 3.8) is 0 Å². The number of nitrogens with two attached hydrogens (primary N) is 1. The Kier molecular flexibility index (Phi) is 2.83. The summed E-state index contributed by atoms with van der Waals surface area (Å²) in [5.41, 5.74) is 7.28. The zero-order valence-corrected chi connectivity index (χ0v) is 10.3. The molecule has 84 valence electrons. The van der Waals surface area contributed by atoms with E-state index in [4.69, 9.17) is 10.5 Å². The fourth-order valence-electron chi connectivity index (χ4n) is 2.43. The van der Waals surface area contributed by atoms with Crippen molar-refractivity contribution in [3.8, 4) is 0 Å². The average Bonchev–Trinajstić information content (AvgIpc) is 2.57. The van der Waals surface area contributed by atoms with Gasteiger partial charge < -0.3 is 10.5 Å². The molecule has 1 saturated carbocycles. The smallest absolute Gasteiger partial charge is 0.119 e. The number of methoxy groups -OCH3 is 1. The first-order chi connectivity index (χ1) is 7.11. The third-order valence-corrected chi connectivity index (χ3v) is 4.30. The minimum Gasteiger partial charge on any atom is -0.378 e. The summed E-state index contributed by atoms with van der Waals surface area (Å²) in [6.45, 7) is 5.91. The predicted octanol–water partition coefficient (Wildman–Crippen LogP) is 1.99. The number of aromatic nitrogens is 1. The van der Waals surface area contributed by atoms with Gasteiger partial charge in [-0.05, 0) is 17.9 Å². The molecule has 1 fully saturated rings. The third-order valence-electron chi connectivity index (χ3n) is 3.46. The molecule has 0 aliphatic heterocycles. The van der Waals surface area contributed by atoms with Crippen molar-refractivity contribution in [1.29, 1.82) is 0 Å². The topological polar surface area (TPSA) is 48.1 Å². The van der Waals surface area contributed by atoms with E-state index in [0.717, 1.165) is 11.6 Å². The number of thiazole rings is 1. The molecule has 0 aromatic carbocycles. The molecule has 2 N–H and O–H groups in total. The molecule has 1 aromatic rings. The van der Waals surface area contributed by atoms with Crippen LogP contribution in [0.1, 0.15) is 30.5 Å². The number of rotatable bonds is 4. The molecule has 1 aliphatic rings. The molecular weight excluding hydrogens is 208 g/mol. The molecule has 0 bridgehead atoms. The first-order valence-electron chi connectivity index (χ1n) is 5.24. The van der Waals surface area contributed by atoms with Gasteiger partial charge in [-0.2, -0.15) is 0 Å². The van der Waals surface area contributed by atoms with Gasteiger partial charge in [-0.15, -0.1) is 11.3 Å². The normalized spacial score (nSPS) is 28.0. The van der Waals surface area contributed by atoms with E-state index in [0.29, 0.717) is 23.9 Å². The molecule has 0 radical (unpaired) electrons. The van der Waals surface area contributed by atoms with Gasteiger partial charge in [-0.25, -0.2) is 4.98 Å². The Bertz CT molecular complexity index is 348. The molecule has 4 heteroatoms. The van der Waals surface area contributed by atoms with Crippen LogP contribution >= 0.6 is 11.3 Å². The molecule has 0 unspecified atom stereocenters. The minimum absolute atomic E-state index is 0.327. The lowest BCUT2D eigenvalue weighted by Gasteiger charge is -1.98. The van der Waals surface area contributed by atoms with E-state index in [1.54, 1.807) is 18.4 Å². The Morgan fingerprint density at radius 3 is 2.87 bits per heavy atom. The molecular formula is C11H18N2OS. The maximum Gasteiger partial charge on any atom is 0.119 e. The minimum atomic E-state index is 0.327. The van der Waals surface area contributed by atoms with Gasteiger partial charge in [-0.3, -0.25) is 0 Å². The Hall–Kier alpha value is -0.450. The quantitative estimate of drug-likeness (QED) is 0.854. The maximum atomic E-state index is 5.75. The zero-order valence-electron chi connectivity index (χ0n) is 9.49. The van der Waals surface area contributed by atoms with Crippen LogP contribution in [0.3, 0.4) is 0 Å². The lowest BCUT2D eigenvalue weighted by Crippen LogP contribution is -2.05. The van der Waals surface area contributed by atoms with E-state index in [1.807, 2.05) is 0 Å². The molecule has 0 saturated heterocycles. The lowest BCUT2D eigenvalue weighted by molar-refractivity contribution is 0.184. The van der Waals surface area contributed by atoms with E-state index >= 15 is 0 Å². The van der Waals surface area contributed by atoms with Gasteiger partial charge in [0.2, 0.25) is 0 Å². The first-order valence-corrected chi connectivity index (χ1v) is 6.12. The van der Waals surface area contributed by atoms with Crippen LogP contribution in [0.4, 0.5) is 0 Å². The Morgan fingerprint density at radius 1 is 1.60 bits per heavy atom. The Balaban J connectivity index is 2.11. The van der Waals surface area contributed by atoms with Crippen molar-refractivity contribution in [3.05, 3.63) is 16.1 Å². The van der Waals surface area contributed by atoms with Gasteiger partial charge in [-0.1, -0.05) is 13.8 Å². The Labute approximate surface area is 94.7 Å². The van der Waals surface area contributed by atoms with Crippen LogP contribution < -0.4 is 5.73 Å². The number of hydrogen-bond acceptors (Lipinski definition) is 4. The molecule has 1 heterocycles. The van der Waals surface area contributed by atoms with E-state index in [9.17, 15) is 0 Å². The summed E-state index contributed by atoms with van der Waals surface area (Å²) < 4.78 is 5.07. The van der Waals surface area contributed by atoms with Crippen molar-refractivity contribution in [1.82, 2.24) is 4.98 Å². The summed E-state index contributed by atoms with van der Waals surface area (Å²) >= 11 is 1.68. The molecule has 2 rings (SSSR count). The van der Waals surface area contributed by atoms with Crippen molar-refractivity contribution in [2.45, 2.75) is 26.4 Å². The van der Waals surface area contributed by atoms with E-state index < -0.39 is 0 Å². The van der Waals surface area contributed by atoms with Crippen LogP contribution in [-0.4, -0.2) is 18.6 Å². The Morgan fingerprint density at radius 2 is 2.33 bits per heavy atom. The second kappa shape index (κ2) is 3.85. The van der Waals surface area contributed by atoms with Crippen LogP contribution in [0.5, 0.6) is 0 Å². The monoisotopic (exact) mass is 226 g/mol. The summed E-state index contributed by atoms with van der Waals surface area (Å²) in [6, 6.07) is 0. The summed E-state index contributed by atoms with van der Waals surface area (Å²) in [7, 11) is 1.70. The number of hydrogen-bond donors (Lipinski definition) is 1. The van der Waals surface area contributed by atoms with Crippen LogP contribution in [0, 0.1) is 11.3 Å². The molecule has 0 amide bonds. The molecule has 1 aliphatic carbocycles. The van der Waals surface area contributed by atoms with Crippen molar-refractivity contribution in [2.24, 2.45) is 17.1 Å². The van der Waals surface area contributed by atoms with Gasteiger partial charge in [0.1, 0.15) is 5.01 Å². The van der Waals surface area contributed by atoms with Gasteiger partial charge in [0, 0.05) is 18.4 Å². The second-order valence-corrected chi connectivity index (χ2v) is 5.68. The second-order valence-electron chi connectivity index (χ2n) is 4.74. The van der Waals surface area contributed by atoms with Gasteiger partial charge in [0.15, 0.2) is 0 Å². The average molecular weight is 226 g/mol. The zero-order chi connectivity index (χ0) is 11.1. The molecule has 2 atom stereocenters. The largest absolute Gasteiger partial charge is 0.378 e. The summed E-state index contributed by atoms with van der Waals surface area (Å²) in [4.78, 5) is 4.59. The molecule has 15 heavy (non-hydrogen) atoms. The number of ether oxygens (including phenoxy) is 1. The van der Waals surface area contributed by atoms with Gasteiger partial charge in [0.05, 0.1) is 12.3 Å². The molecule has 3 nitrogen and oxygen atoms in total. The van der Waals surface area contributed by atoms with Crippen LogP contribution in [0.15, 0.2) is 5.38 Å². The van der Waals surface area contributed by atoms with Crippen LogP contribution in [0.25, 0.3) is 0 Å². The number of nitrogens with zero attached hydrogens (tertiary/aromatic N) is 1. The van der Waals surface area contributed by atoms with Gasteiger partial charge in [0.25, 0.3) is 0 Å². The van der Waals surface area contributed by atoms with Crippen molar-refractivity contribution in [2.75, 3.05) is 13.7 Å². The summed E-state index contributed by atoms with van der Waals surface area (Å²) in [5, 5.41) is 3.21. The predicted molar refractivity (Wildman–Crippen MR) is 61.9 cm³/mol. The summed E-state index contributed by atoms with van der Waals surface area (Å²) in [6.07, 6.45) is 0. The highest BCUT2D eigenvalue weighted by Crippen LogP contribution is 2.63. The SMILES string of the molecule is COCc1nc([C@H]2[C@H](CN)C2(C)C)cs1. The fraction of sp³-hybridized carbons (Fsp3) is 0.727. The van der Waals surface area contributed by atoms with E-state index in [1.165, 1.54) is 5.69 Å². The van der Waals surface area contributed by atoms with Crippen molar-refractivity contribution < 1.29 is 4.74 Å². The van der Waals surface area contributed by atoms with Crippen LogP contribution in [0.2, 0.25) is 0 Å². The van der Waals surface area contributed by atoms with E-state index in [2.05, 4.69) is 24.2 Å². The summed E-state index contributed by atoms with van der Waals surface area (Å²) in [5.74, 6) is 1.14. The van der Waals surface area contributed by atoms with Crippen molar-refractivity contribution >= 4 is 11.3 Å². The first kappa shape index (κ1) is 11.0. The highest BCUT2D eigenvalue weighted by Gasteiger charge is 2.58. The van der Waals surface area contributed by atoms with Gasteiger partial charge >= 0.3 is 0 Å². The molecule has 0 spiro atoms. The molecule has 1 aromatic heterocycles. The highest BCUT2D eigenvalue weighted by atomic mass is 32.1. The standard InChI is InChI=1S/C11H18N2OS/c1-11(2)7(4-12)10(11)8-6-15-9(13-8)5-14-3/h6-7,10H,4-5,12H2,1-3H3/t7-,10+/m0/s1. The maximum absolute atomic E-state index is 5.75. The third kappa shape index (κ3) is 1.82. The highest BCUT2D eigenvalue weighted by molar-refractivity contribution is 7.09. The fourth-order valence-corrected chi connectivity index (χ4v) is 3.23. The lowest BCUT2D eigenvalue weighted by atomic mass is 10.1.